The van der Waals surface area contributed by atoms with Gasteiger partial charge in [-0.15, -0.1) is 0 Å². The van der Waals surface area contributed by atoms with Crippen molar-refractivity contribution in [3.05, 3.63) is 29.3 Å². The van der Waals surface area contributed by atoms with Crippen molar-refractivity contribution in [2.24, 2.45) is 0 Å². The van der Waals surface area contributed by atoms with Gasteiger partial charge >= 0.3 is 0 Å². The van der Waals surface area contributed by atoms with Gasteiger partial charge in [-0.3, -0.25) is 0 Å². The van der Waals surface area contributed by atoms with Gasteiger partial charge in [0.25, 0.3) is 0 Å². The van der Waals surface area contributed by atoms with Crippen molar-refractivity contribution in [2.75, 3.05) is 5.73 Å². The molecular weight excluding hydrogens is 143 g/mol. The van der Waals surface area contributed by atoms with Crippen LogP contribution < -0.4 is 5.73 Å². The van der Waals surface area contributed by atoms with Crippen LogP contribution in [0.25, 0.3) is 0 Å². The Hall–Kier alpha value is -1.56. The van der Waals surface area contributed by atoms with E-state index in [9.17, 15) is 4.39 Å². The minimum Gasteiger partial charge on any atom is -0.398 e. The summed E-state index contributed by atoms with van der Waals surface area (Å²) >= 11 is 0. The SMILES string of the molecule is N#Cc1ccc(CF)c(N)c1. The minimum atomic E-state index is -0.586. The summed E-state index contributed by atoms with van der Waals surface area (Å²) in [5.74, 6) is 0. The van der Waals surface area contributed by atoms with Gasteiger partial charge in [0.05, 0.1) is 11.6 Å². The molecule has 0 unspecified atom stereocenters. The second kappa shape index (κ2) is 3.02. The van der Waals surface area contributed by atoms with E-state index in [-0.39, 0.29) is 0 Å². The molecule has 0 atom stereocenters. The van der Waals surface area contributed by atoms with Crippen molar-refractivity contribution in [1.29, 1.82) is 5.26 Å². The van der Waals surface area contributed by atoms with Gasteiger partial charge in [0.15, 0.2) is 0 Å². The quantitative estimate of drug-likeness (QED) is 0.618. The number of nitrogens with zero attached hydrogens (tertiary/aromatic N) is 1. The average Bonchev–Trinajstić information content (AvgIpc) is 2.04. The molecule has 0 saturated heterocycles. The Balaban J connectivity index is 3.12. The maximum absolute atomic E-state index is 12.1. The van der Waals surface area contributed by atoms with Crippen molar-refractivity contribution < 1.29 is 4.39 Å². The summed E-state index contributed by atoms with van der Waals surface area (Å²) in [4.78, 5) is 0. The number of hydrogen-bond donors (Lipinski definition) is 1. The third-order valence-corrected chi connectivity index (χ3v) is 1.42. The van der Waals surface area contributed by atoms with E-state index in [0.717, 1.165) is 0 Å². The smallest absolute Gasteiger partial charge is 0.116 e. The molecule has 0 aromatic heterocycles. The van der Waals surface area contributed by atoms with E-state index in [1.165, 1.54) is 12.1 Å². The molecule has 0 aliphatic rings. The average molecular weight is 150 g/mol. The highest BCUT2D eigenvalue weighted by molar-refractivity contribution is 5.51. The van der Waals surface area contributed by atoms with Crippen LogP contribution >= 0.6 is 0 Å². The third-order valence-electron chi connectivity index (χ3n) is 1.42. The molecule has 3 heteroatoms. The van der Waals surface area contributed by atoms with Gasteiger partial charge in [0.2, 0.25) is 0 Å². The fourth-order valence-corrected chi connectivity index (χ4v) is 0.786. The second-order valence-electron chi connectivity index (χ2n) is 2.16. The number of anilines is 1. The zero-order chi connectivity index (χ0) is 8.27. The molecule has 1 aromatic rings. The van der Waals surface area contributed by atoms with Crippen LogP contribution in [0.15, 0.2) is 18.2 Å². The van der Waals surface area contributed by atoms with E-state index >= 15 is 0 Å². The second-order valence-corrected chi connectivity index (χ2v) is 2.16. The van der Waals surface area contributed by atoms with Gasteiger partial charge in [-0.05, 0) is 12.1 Å². The lowest BCUT2D eigenvalue weighted by molar-refractivity contribution is 0.486. The van der Waals surface area contributed by atoms with Gasteiger partial charge in [0, 0.05) is 11.3 Å². The van der Waals surface area contributed by atoms with Gasteiger partial charge < -0.3 is 5.73 Å². The molecule has 0 bridgehead atoms. The Bertz CT molecular complexity index is 301. The van der Waals surface area contributed by atoms with Crippen molar-refractivity contribution in [3.63, 3.8) is 0 Å². The summed E-state index contributed by atoms with van der Waals surface area (Å²) in [5, 5.41) is 8.43. The summed E-state index contributed by atoms with van der Waals surface area (Å²) < 4.78 is 12.1. The molecule has 0 radical (unpaired) electrons. The predicted molar refractivity (Wildman–Crippen MR) is 40.4 cm³/mol. The number of nitriles is 1. The van der Waals surface area contributed by atoms with Crippen molar-refractivity contribution >= 4 is 5.69 Å². The lowest BCUT2D eigenvalue weighted by Gasteiger charge is -1.99. The molecule has 2 N–H and O–H groups in total. The first-order chi connectivity index (χ1) is 5.27. The van der Waals surface area contributed by atoms with E-state index in [1.54, 1.807) is 6.07 Å². The van der Waals surface area contributed by atoms with Crippen molar-refractivity contribution in [2.45, 2.75) is 6.67 Å². The van der Waals surface area contributed by atoms with E-state index in [4.69, 9.17) is 11.0 Å². The maximum atomic E-state index is 12.1. The lowest BCUT2D eigenvalue weighted by atomic mass is 10.1. The highest BCUT2D eigenvalue weighted by Crippen LogP contribution is 2.14. The number of hydrogen-bond acceptors (Lipinski definition) is 2. The number of nitrogens with two attached hydrogens (primary N) is 1. The number of rotatable bonds is 1. The molecule has 0 fully saturated rings. The zero-order valence-corrected chi connectivity index (χ0v) is 5.84. The van der Waals surface area contributed by atoms with E-state index in [1.807, 2.05) is 6.07 Å². The summed E-state index contributed by atoms with van der Waals surface area (Å²) in [6, 6.07) is 6.45. The first-order valence-electron chi connectivity index (χ1n) is 3.12. The van der Waals surface area contributed by atoms with Crippen molar-refractivity contribution in [1.82, 2.24) is 0 Å². The minimum absolute atomic E-state index is 0.339. The maximum Gasteiger partial charge on any atom is 0.116 e. The highest BCUT2D eigenvalue weighted by atomic mass is 19.1. The van der Waals surface area contributed by atoms with Gasteiger partial charge in [-0.1, -0.05) is 6.07 Å². The summed E-state index contributed by atoms with van der Waals surface area (Å²) in [7, 11) is 0. The lowest BCUT2D eigenvalue weighted by Crippen LogP contribution is -1.92. The summed E-state index contributed by atoms with van der Waals surface area (Å²) in [6.45, 7) is -0.586. The number of benzene rings is 1. The van der Waals surface area contributed by atoms with Crippen LogP contribution in [0, 0.1) is 11.3 Å². The van der Waals surface area contributed by atoms with Crippen molar-refractivity contribution in [3.8, 4) is 6.07 Å². The number of alkyl halides is 1. The summed E-state index contributed by atoms with van der Waals surface area (Å²) in [5.41, 5.74) is 6.65. The standard InChI is InChI=1S/C8H7FN2/c9-4-7-2-1-6(5-10)3-8(7)11/h1-3H,4,11H2. The molecule has 0 aliphatic carbocycles. The largest absolute Gasteiger partial charge is 0.398 e. The first kappa shape index (κ1) is 7.55. The third kappa shape index (κ3) is 1.47. The molecule has 0 aliphatic heterocycles. The van der Waals surface area contributed by atoms with Crippen LogP contribution in [0.4, 0.5) is 10.1 Å². The Morgan fingerprint density at radius 3 is 2.73 bits per heavy atom. The Labute approximate surface area is 64.1 Å². The Kier molecular flexibility index (Phi) is 2.07. The first-order valence-corrected chi connectivity index (χ1v) is 3.12. The number of halogens is 1. The highest BCUT2D eigenvalue weighted by Gasteiger charge is 1.98. The monoisotopic (exact) mass is 150 g/mol. The fourth-order valence-electron chi connectivity index (χ4n) is 0.786. The Morgan fingerprint density at radius 2 is 2.27 bits per heavy atom. The van der Waals surface area contributed by atoms with Crippen LogP contribution in [0.1, 0.15) is 11.1 Å². The van der Waals surface area contributed by atoms with Crippen LogP contribution in [-0.2, 0) is 6.67 Å². The van der Waals surface area contributed by atoms with Gasteiger partial charge in [0.1, 0.15) is 6.67 Å². The van der Waals surface area contributed by atoms with Crippen LogP contribution in [0.2, 0.25) is 0 Å². The molecule has 0 heterocycles. The van der Waals surface area contributed by atoms with E-state index < -0.39 is 6.67 Å². The molecular formula is C8H7FN2. The molecule has 0 amide bonds. The van der Waals surface area contributed by atoms with Crippen LogP contribution in [0.5, 0.6) is 0 Å². The molecule has 56 valence electrons. The molecule has 1 aromatic carbocycles. The molecule has 11 heavy (non-hydrogen) atoms. The normalized spacial score (nSPS) is 9.09. The molecule has 2 nitrogen and oxygen atoms in total. The van der Waals surface area contributed by atoms with Gasteiger partial charge in [-0.2, -0.15) is 5.26 Å². The fraction of sp³-hybridized carbons (Fsp3) is 0.125. The Morgan fingerprint density at radius 1 is 1.55 bits per heavy atom. The molecule has 0 saturated carbocycles. The molecule has 1 rings (SSSR count). The van der Waals surface area contributed by atoms with E-state index in [0.29, 0.717) is 16.8 Å². The van der Waals surface area contributed by atoms with Gasteiger partial charge in [-0.25, -0.2) is 4.39 Å². The van der Waals surface area contributed by atoms with Crippen LogP contribution in [-0.4, -0.2) is 0 Å². The van der Waals surface area contributed by atoms with Crippen LogP contribution in [0.3, 0.4) is 0 Å². The zero-order valence-electron chi connectivity index (χ0n) is 5.84. The predicted octanol–water partition coefficient (Wildman–Crippen LogP) is 1.61. The topological polar surface area (TPSA) is 49.8 Å². The van der Waals surface area contributed by atoms with E-state index in [2.05, 4.69) is 0 Å². The molecule has 0 spiro atoms. The number of nitrogen functional groups attached to an aromatic ring is 1. The summed E-state index contributed by atoms with van der Waals surface area (Å²) in [6.07, 6.45) is 0.